The first kappa shape index (κ1) is 19.3. The van der Waals surface area contributed by atoms with Gasteiger partial charge >= 0.3 is 0 Å². The van der Waals surface area contributed by atoms with E-state index in [-0.39, 0.29) is 23.2 Å². The van der Waals surface area contributed by atoms with Crippen LogP contribution in [0.25, 0.3) is 0 Å². The molecule has 1 spiro atoms. The van der Waals surface area contributed by atoms with Crippen LogP contribution in [0.3, 0.4) is 0 Å². The number of benzene rings is 1. The molecule has 1 saturated carbocycles. The Morgan fingerprint density at radius 1 is 1.31 bits per heavy atom. The smallest absolute Gasteiger partial charge is 0.229 e. The molecule has 5 nitrogen and oxygen atoms in total. The monoisotopic (exact) mass is 380 g/mol. The first-order chi connectivity index (χ1) is 12.1. The topological polar surface area (TPSA) is 50.8 Å². The third-order valence-corrected chi connectivity index (χ3v) is 6.52. The number of halogens is 1. The lowest BCUT2D eigenvalue weighted by Gasteiger charge is -2.33. The summed E-state index contributed by atoms with van der Waals surface area (Å²) in [5.74, 6) is 1.87. The summed E-state index contributed by atoms with van der Waals surface area (Å²) in [7, 11) is 1.66. The van der Waals surface area contributed by atoms with Crippen LogP contribution in [0.1, 0.15) is 38.2 Å². The van der Waals surface area contributed by atoms with Crippen molar-refractivity contribution in [2.75, 3.05) is 33.4 Å². The third-order valence-electron chi connectivity index (χ3n) is 6.52. The highest BCUT2D eigenvalue weighted by atomic mass is 35.5. The van der Waals surface area contributed by atoms with Gasteiger partial charge in [-0.05, 0) is 50.3 Å². The lowest BCUT2D eigenvalue weighted by Crippen LogP contribution is -2.42. The standard InChI is InChI=1S/C20H28N2O3.ClH/c1-19(14-20(19)7-9-21-10-8-20)18(23)22-11-4-12-25-17-15(13-22)5-3-6-16(17)24-2;/h3,5-6,21H,4,7-14H2,1-2H3;1H. The van der Waals surface area contributed by atoms with Gasteiger partial charge in [0.15, 0.2) is 11.5 Å². The zero-order valence-electron chi connectivity index (χ0n) is 15.7. The van der Waals surface area contributed by atoms with Gasteiger partial charge in [0, 0.05) is 18.7 Å². The molecule has 3 aliphatic rings. The van der Waals surface area contributed by atoms with Crippen LogP contribution >= 0.6 is 12.4 Å². The number of nitrogens with zero attached hydrogens (tertiary/aromatic N) is 1. The van der Waals surface area contributed by atoms with Crippen molar-refractivity contribution in [1.29, 1.82) is 0 Å². The van der Waals surface area contributed by atoms with Gasteiger partial charge in [0.25, 0.3) is 0 Å². The van der Waals surface area contributed by atoms with Gasteiger partial charge in [-0.3, -0.25) is 4.79 Å². The van der Waals surface area contributed by atoms with E-state index in [1.807, 2.05) is 18.2 Å². The molecule has 0 bridgehead atoms. The van der Waals surface area contributed by atoms with Crippen LogP contribution in [-0.4, -0.2) is 44.2 Å². The molecule has 1 saturated heterocycles. The molecule has 1 aromatic carbocycles. The predicted octanol–water partition coefficient (Wildman–Crippen LogP) is 3.01. The molecule has 6 heteroatoms. The van der Waals surface area contributed by atoms with Gasteiger partial charge in [-0.15, -0.1) is 12.4 Å². The van der Waals surface area contributed by atoms with E-state index in [9.17, 15) is 4.79 Å². The number of rotatable bonds is 2. The minimum atomic E-state index is -0.186. The molecule has 26 heavy (non-hydrogen) atoms. The summed E-state index contributed by atoms with van der Waals surface area (Å²) >= 11 is 0. The van der Waals surface area contributed by atoms with Crippen molar-refractivity contribution in [3.8, 4) is 11.5 Å². The van der Waals surface area contributed by atoms with Crippen LogP contribution in [0.15, 0.2) is 18.2 Å². The molecule has 1 aliphatic carbocycles. The summed E-state index contributed by atoms with van der Waals surface area (Å²) in [5, 5.41) is 3.43. The molecular formula is C20H29ClN2O3. The van der Waals surface area contributed by atoms with E-state index >= 15 is 0 Å². The fraction of sp³-hybridized carbons (Fsp3) is 0.650. The van der Waals surface area contributed by atoms with Crippen molar-refractivity contribution in [1.82, 2.24) is 10.2 Å². The van der Waals surface area contributed by atoms with E-state index in [0.717, 1.165) is 62.4 Å². The van der Waals surface area contributed by atoms with E-state index in [0.29, 0.717) is 19.1 Å². The maximum Gasteiger partial charge on any atom is 0.229 e. The number of hydrogen-bond acceptors (Lipinski definition) is 4. The molecule has 0 aromatic heterocycles. The zero-order valence-corrected chi connectivity index (χ0v) is 16.5. The number of para-hydroxylation sites is 1. The molecule has 2 heterocycles. The number of fused-ring (bicyclic) bond motifs is 1. The Bertz CT molecular complexity index is 675. The van der Waals surface area contributed by atoms with Gasteiger partial charge < -0.3 is 19.7 Å². The summed E-state index contributed by atoms with van der Waals surface area (Å²) < 4.78 is 11.4. The quantitative estimate of drug-likeness (QED) is 0.856. The van der Waals surface area contributed by atoms with Crippen LogP contribution in [0, 0.1) is 10.8 Å². The lowest BCUT2D eigenvalue weighted by atomic mass is 9.85. The number of carbonyl (C=O) groups is 1. The highest BCUT2D eigenvalue weighted by Crippen LogP contribution is 2.69. The number of hydrogen-bond donors (Lipinski definition) is 1. The molecule has 4 rings (SSSR count). The SMILES string of the molecule is COc1cccc2c1OCCCN(C(=O)C1(C)CC13CCNCC3)C2.Cl. The lowest BCUT2D eigenvalue weighted by molar-refractivity contribution is -0.139. The fourth-order valence-electron chi connectivity index (χ4n) is 4.82. The Kier molecular flexibility index (Phi) is 5.40. The van der Waals surface area contributed by atoms with Gasteiger partial charge in [-0.25, -0.2) is 0 Å². The Hall–Kier alpha value is -1.46. The summed E-state index contributed by atoms with van der Waals surface area (Å²) in [5.41, 5.74) is 1.08. The summed E-state index contributed by atoms with van der Waals surface area (Å²) in [6.07, 6.45) is 4.14. The molecule has 1 aromatic rings. The molecular weight excluding hydrogens is 352 g/mol. The van der Waals surface area contributed by atoms with Crippen molar-refractivity contribution in [3.63, 3.8) is 0 Å². The second-order valence-electron chi connectivity index (χ2n) is 7.92. The summed E-state index contributed by atoms with van der Waals surface area (Å²) in [6, 6.07) is 5.93. The molecule has 2 aliphatic heterocycles. The summed E-state index contributed by atoms with van der Waals surface area (Å²) in [6.45, 7) is 6.24. The first-order valence-electron chi connectivity index (χ1n) is 9.38. The maximum atomic E-state index is 13.4. The normalized spacial score (nSPS) is 26.6. The zero-order chi connectivity index (χ0) is 17.5. The van der Waals surface area contributed by atoms with Crippen LogP contribution in [0.5, 0.6) is 11.5 Å². The Morgan fingerprint density at radius 2 is 2.08 bits per heavy atom. The Labute approximate surface area is 161 Å². The van der Waals surface area contributed by atoms with Gasteiger partial charge in [0.2, 0.25) is 5.91 Å². The van der Waals surface area contributed by atoms with Crippen molar-refractivity contribution >= 4 is 18.3 Å². The molecule has 2 fully saturated rings. The highest BCUT2D eigenvalue weighted by molar-refractivity contribution is 5.87. The number of piperidine rings is 1. The van der Waals surface area contributed by atoms with Gasteiger partial charge in [0.1, 0.15) is 0 Å². The number of amides is 1. The van der Waals surface area contributed by atoms with Crippen molar-refractivity contribution in [3.05, 3.63) is 23.8 Å². The number of carbonyl (C=O) groups excluding carboxylic acids is 1. The van der Waals surface area contributed by atoms with E-state index in [1.165, 1.54) is 0 Å². The number of ether oxygens (including phenoxy) is 2. The molecule has 0 radical (unpaired) electrons. The van der Waals surface area contributed by atoms with E-state index < -0.39 is 0 Å². The third kappa shape index (κ3) is 3.05. The molecule has 1 amide bonds. The van der Waals surface area contributed by atoms with E-state index in [2.05, 4.69) is 17.1 Å². The van der Waals surface area contributed by atoms with Crippen molar-refractivity contribution < 1.29 is 14.3 Å². The van der Waals surface area contributed by atoms with Crippen LogP contribution in [0.4, 0.5) is 0 Å². The second-order valence-corrected chi connectivity index (χ2v) is 7.92. The summed E-state index contributed by atoms with van der Waals surface area (Å²) in [4.78, 5) is 15.5. The second kappa shape index (κ2) is 7.28. The minimum absolute atomic E-state index is 0. The van der Waals surface area contributed by atoms with Gasteiger partial charge in [-0.1, -0.05) is 19.1 Å². The van der Waals surface area contributed by atoms with Gasteiger partial charge in [-0.2, -0.15) is 0 Å². The predicted molar refractivity (Wildman–Crippen MR) is 103 cm³/mol. The maximum absolute atomic E-state index is 13.4. The fourth-order valence-corrected chi connectivity index (χ4v) is 4.82. The van der Waals surface area contributed by atoms with Crippen molar-refractivity contribution in [2.24, 2.45) is 10.8 Å². The average Bonchev–Trinajstić information content (AvgIpc) is 3.19. The van der Waals surface area contributed by atoms with E-state index in [4.69, 9.17) is 9.47 Å². The van der Waals surface area contributed by atoms with Gasteiger partial charge in [0.05, 0.1) is 19.1 Å². The van der Waals surface area contributed by atoms with Crippen LogP contribution < -0.4 is 14.8 Å². The van der Waals surface area contributed by atoms with Crippen LogP contribution in [-0.2, 0) is 11.3 Å². The first-order valence-corrected chi connectivity index (χ1v) is 9.38. The Balaban J connectivity index is 0.00000196. The average molecular weight is 381 g/mol. The molecule has 1 unspecified atom stereocenters. The number of methoxy groups -OCH3 is 1. The minimum Gasteiger partial charge on any atom is -0.493 e. The molecule has 1 atom stereocenters. The highest BCUT2D eigenvalue weighted by Gasteiger charge is 2.68. The molecule has 144 valence electrons. The van der Waals surface area contributed by atoms with Crippen molar-refractivity contribution in [2.45, 2.75) is 39.2 Å². The van der Waals surface area contributed by atoms with E-state index in [1.54, 1.807) is 7.11 Å². The Morgan fingerprint density at radius 3 is 2.81 bits per heavy atom. The number of nitrogens with one attached hydrogen (secondary N) is 1. The molecule has 1 N–H and O–H groups in total. The van der Waals surface area contributed by atoms with Crippen LogP contribution in [0.2, 0.25) is 0 Å². The largest absolute Gasteiger partial charge is 0.493 e.